The van der Waals surface area contributed by atoms with Gasteiger partial charge in [-0.15, -0.1) is 0 Å². The first-order valence-corrected chi connectivity index (χ1v) is 8.58. The minimum Gasteiger partial charge on any atom is -0.548 e. The van der Waals surface area contributed by atoms with E-state index in [4.69, 9.17) is 0 Å². The normalized spacial score (nSPS) is 18.9. The number of fused-ring (bicyclic) bond motifs is 3. The summed E-state index contributed by atoms with van der Waals surface area (Å²) in [5, 5.41) is 16.4. The van der Waals surface area contributed by atoms with Crippen LogP contribution in [0.15, 0.2) is 54.6 Å². The molecule has 3 aromatic rings. The number of rotatable bonds is 3. The van der Waals surface area contributed by atoms with Crippen molar-refractivity contribution in [3.8, 4) is 0 Å². The van der Waals surface area contributed by atoms with Gasteiger partial charge in [-0.25, -0.2) is 0 Å². The Morgan fingerprint density at radius 2 is 1.71 bits per heavy atom. The number of carbonyl (C=O) groups is 1. The van der Waals surface area contributed by atoms with Crippen molar-refractivity contribution >= 4 is 27.5 Å². The van der Waals surface area contributed by atoms with Crippen LogP contribution in [0.4, 0.5) is 0 Å². The SMILES string of the molecule is O=C([O-])C1CCCCN1Cc1cc2ccccc2c2ccccc12. The number of hydrogen-bond donors (Lipinski definition) is 0. The topological polar surface area (TPSA) is 43.4 Å². The van der Waals surface area contributed by atoms with E-state index in [1.165, 1.54) is 27.1 Å². The molecular formula is C21H20NO2-. The molecule has 1 fully saturated rings. The van der Waals surface area contributed by atoms with Gasteiger partial charge in [-0.3, -0.25) is 4.90 Å². The molecule has 0 aliphatic carbocycles. The van der Waals surface area contributed by atoms with Gasteiger partial charge in [-0.1, -0.05) is 55.0 Å². The van der Waals surface area contributed by atoms with E-state index >= 15 is 0 Å². The van der Waals surface area contributed by atoms with E-state index in [1.807, 2.05) is 12.1 Å². The maximum atomic E-state index is 11.5. The zero-order chi connectivity index (χ0) is 16.5. The van der Waals surface area contributed by atoms with Gasteiger partial charge >= 0.3 is 0 Å². The summed E-state index contributed by atoms with van der Waals surface area (Å²) in [6.45, 7) is 1.48. The number of carboxylic acids is 1. The molecule has 0 radical (unpaired) electrons. The summed E-state index contributed by atoms with van der Waals surface area (Å²) in [6.07, 6.45) is 2.71. The fraction of sp³-hybridized carbons (Fsp3) is 0.286. The zero-order valence-electron chi connectivity index (χ0n) is 13.6. The zero-order valence-corrected chi connectivity index (χ0v) is 13.6. The highest BCUT2D eigenvalue weighted by Crippen LogP contribution is 2.30. The predicted octanol–water partition coefficient (Wildman–Crippen LogP) is 3.10. The first-order chi connectivity index (χ1) is 11.7. The Morgan fingerprint density at radius 3 is 2.50 bits per heavy atom. The van der Waals surface area contributed by atoms with Crippen molar-refractivity contribution in [2.24, 2.45) is 0 Å². The predicted molar refractivity (Wildman–Crippen MR) is 94.5 cm³/mol. The van der Waals surface area contributed by atoms with Gasteiger partial charge < -0.3 is 9.90 Å². The molecule has 3 nitrogen and oxygen atoms in total. The van der Waals surface area contributed by atoms with Crippen LogP contribution in [-0.2, 0) is 11.3 Å². The monoisotopic (exact) mass is 318 g/mol. The van der Waals surface area contributed by atoms with Crippen molar-refractivity contribution in [1.29, 1.82) is 0 Å². The molecule has 1 aliphatic rings. The summed E-state index contributed by atoms with van der Waals surface area (Å²) in [5.74, 6) is -0.945. The van der Waals surface area contributed by atoms with Crippen LogP contribution in [0.2, 0.25) is 0 Å². The van der Waals surface area contributed by atoms with Gasteiger partial charge in [-0.05, 0) is 52.6 Å². The number of nitrogens with zero attached hydrogens (tertiary/aromatic N) is 1. The summed E-state index contributed by atoms with van der Waals surface area (Å²) in [4.78, 5) is 13.5. The molecular weight excluding hydrogens is 298 g/mol. The Hall–Kier alpha value is -2.39. The van der Waals surface area contributed by atoms with E-state index in [2.05, 4.69) is 47.4 Å². The minimum absolute atomic E-state index is 0.469. The Morgan fingerprint density at radius 1 is 1.00 bits per heavy atom. The highest BCUT2D eigenvalue weighted by molar-refractivity contribution is 6.08. The molecule has 0 N–H and O–H groups in total. The number of carboxylic acid groups (broad SMARTS) is 1. The first-order valence-electron chi connectivity index (χ1n) is 8.58. The third-order valence-electron chi connectivity index (χ3n) is 5.11. The third-order valence-corrected chi connectivity index (χ3v) is 5.11. The van der Waals surface area contributed by atoms with Crippen molar-refractivity contribution in [2.75, 3.05) is 6.54 Å². The fourth-order valence-corrected chi connectivity index (χ4v) is 3.93. The van der Waals surface area contributed by atoms with Gasteiger partial charge in [0.05, 0.1) is 5.97 Å². The largest absolute Gasteiger partial charge is 0.548 e. The van der Waals surface area contributed by atoms with Crippen LogP contribution in [0.5, 0.6) is 0 Å². The Kier molecular flexibility index (Phi) is 3.95. The quantitative estimate of drug-likeness (QED) is 0.697. The molecule has 1 unspecified atom stereocenters. The molecule has 1 heterocycles. The maximum Gasteiger partial charge on any atom is 0.0586 e. The van der Waals surface area contributed by atoms with Crippen LogP contribution >= 0.6 is 0 Å². The van der Waals surface area contributed by atoms with Gasteiger partial charge in [0.25, 0.3) is 0 Å². The molecule has 24 heavy (non-hydrogen) atoms. The van der Waals surface area contributed by atoms with E-state index in [0.717, 1.165) is 19.4 Å². The highest BCUT2D eigenvalue weighted by Gasteiger charge is 2.24. The summed E-state index contributed by atoms with van der Waals surface area (Å²) < 4.78 is 0. The molecule has 0 aromatic heterocycles. The lowest BCUT2D eigenvalue weighted by Gasteiger charge is -2.36. The lowest BCUT2D eigenvalue weighted by molar-refractivity contribution is -0.312. The van der Waals surface area contributed by atoms with Crippen LogP contribution in [0.1, 0.15) is 24.8 Å². The molecule has 0 bridgehead atoms. The minimum atomic E-state index is -0.945. The molecule has 1 saturated heterocycles. The number of aliphatic carboxylic acids is 1. The average molecular weight is 318 g/mol. The number of likely N-dealkylation sites (tertiary alicyclic amines) is 1. The number of piperidine rings is 1. The smallest absolute Gasteiger partial charge is 0.0586 e. The van der Waals surface area contributed by atoms with Gasteiger partial charge in [0, 0.05) is 12.6 Å². The van der Waals surface area contributed by atoms with E-state index in [0.29, 0.717) is 13.0 Å². The molecule has 3 aromatic carbocycles. The highest BCUT2D eigenvalue weighted by atomic mass is 16.4. The van der Waals surface area contributed by atoms with Gasteiger partial charge in [0.1, 0.15) is 0 Å². The molecule has 0 spiro atoms. The second-order valence-corrected chi connectivity index (χ2v) is 6.60. The molecule has 1 aliphatic heterocycles. The van der Waals surface area contributed by atoms with Crippen molar-refractivity contribution in [2.45, 2.75) is 31.8 Å². The van der Waals surface area contributed by atoms with Crippen LogP contribution in [0.25, 0.3) is 21.5 Å². The van der Waals surface area contributed by atoms with Crippen LogP contribution in [-0.4, -0.2) is 23.5 Å². The van der Waals surface area contributed by atoms with Crippen molar-refractivity contribution in [3.05, 3.63) is 60.2 Å². The number of benzene rings is 3. The lowest BCUT2D eigenvalue weighted by Crippen LogP contribution is -2.50. The van der Waals surface area contributed by atoms with Gasteiger partial charge in [0.2, 0.25) is 0 Å². The Labute approximate surface area is 141 Å². The first kappa shape index (κ1) is 15.2. The molecule has 122 valence electrons. The lowest BCUT2D eigenvalue weighted by atomic mass is 9.95. The summed E-state index contributed by atoms with van der Waals surface area (Å²) in [5.41, 5.74) is 1.19. The molecule has 0 saturated carbocycles. The fourth-order valence-electron chi connectivity index (χ4n) is 3.93. The summed E-state index contributed by atoms with van der Waals surface area (Å²) in [7, 11) is 0. The molecule has 4 rings (SSSR count). The second-order valence-electron chi connectivity index (χ2n) is 6.60. The van der Waals surface area contributed by atoms with Crippen molar-refractivity contribution in [3.63, 3.8) is 0 Å². The summed E-state index contributed by atoms with van der Waals surface area (Å²) in [6, 6.07) is 18.5. The molecule has 0 amide bonds. The van der Waals surface area contributed by atoms with E-state index in [1.54, 1.807) is 0 Å². The van der Waals surface area contributed by atoms with Crippen LogP contribution in [0, 0.1) is 0 Å². The second kappa shape index (κ2) is 6.25. The summed E-state index contributed by atoms with van der Waals surface area (Å²) >= 11 is 0. The van der Waals surface area contributed by atoms with Crippen LogP contribution in [0.3, 0.4) is 0 Å². The van der Waals surface area contributed by atoms with Crippen molar-refractivity contribution in [1.82, 2.24) is 4.90 Å². The Balaban J connectivity index is 1.81. The van der Waals surface area contributed by atoms with Crippen molar-refractivity contribution < 1.29 is 9.90 Å². The standard InChI is InChI=1S/C21H21NO2/c23-21(24)20-11-5-6-12-22(20)14-16-13-15-7-1-2-8-17(15)19-10-4-3-9-18(16)19/h1-4,7-10,13,20H,5-6,11-12,14H2,(H,23,24)/p-1. The Bertz CT molecular complexity index is 903. The van der Waals surface area contributed by atoms with Gasteiger partial charge in [0.15, 0.2) is 0 Å². The van der Waals surface area contributed by atoms with E-state index in [-0.39, 0.29) is 0 Å². The average Bonchev–Trinajstić information content (AvgIpc) is 2.62. The van der Waals surface area contributed by atoms with Gasteiger partial charge in [-0.2, -0.15) is 0 Å². The molecule has 1 atom stereocenters. The van der Waals surface area contributed by atoms with E-state index < -0.39 is 12.0 Å². The van der Waals surface area contributed by atoms with E-state index in [9.17, 15) is 9.90 Å². The number of hydrogen-bond acceptors (Lipinski definition) is 3. The maximum absolute atomic E-state index is 11.5. The molecule has 3 heteroatoms. The number of carbonyl (C=O) groups excluding carboxylic acids is 1. The third kappa shape index (κ3) is 2.65. The van der Waals surface area contributed by atoms with Crippen LogP contribution < -0.4 is 5.11 Å².